The summed E-state index contributed by atoms with van der Waals surface area (Å²) >= 11 is 1.99. The molecule has 1 heteroatoms. The van der Waals surface area contributed by atoms with Gasteiger partial charge in [-0.1, -0.05) is 38.1 Å². The van der Waals surface area contributed by atoms with E-state index >= 15 is 0 Å². The number of hydrogen-bond donors (Lipinski definition) is 0. The highest BCUT2D eigenvalue weighted by molar-refractivity contribution is 8.00. The number of thioether (sulfide) groups is 1. The number of fused-ring (bicyclic) bond motifs is 1. The number of rotatable bonds is 0. The van der Waals surface area contributed by atoms with Gasteiger partial charge in [0.1, 0.15) is 0 Å². The predicted octanol–water partition coefficient (Wildman–Crippen LogP) is 5.00. The molecule has 0 bridgehead atoms. The molecule has 1 aliphatic rings. The molecule has 1 aromatic rings. The second-order valence-corrected chi connectivity index (χ2v) is 7.32. The second kappa shape index (κ2) is 3.66. The number of allylic oxidation sites excluding steroid dienone is 2. The Morgan fingerprint density at radius 2 is 1.62 bits per heavy atom. The first kappa shape index (κ1) is 11.8. The smallest absolute Gasteiger partial charge is 0.0236 e. The molecule has 0 saturated carbocycles. The van der Waals surface area contributed by atoms with Gasteiger partial charge >= 0.3 is 0 Å². The maximum Gasteiger partial charge on any atom is 0.0236 e. The molecule has 0 spiro atoms. The highest BCUT2D eigenvalue weighted by Crippen LogP contribution is 2.51. The van der Waals surface area contributed by atoms with Crippen LogP contribution in [0.2, 0.25) is 0 Å². The van der Waals surface area contributed by atoms with E-state index in [1.54, 1.807) is 0 Å². The van der Waals surface area contributed by atoms with E-state index in [4.69, 9.17) is 0 Å². The van der Waals surface area contributed by atoms with Gasteiger partial charge in [0.25, 0.3) is 0 Å². The minimum Gasteiger partial charge on any atom is -0.118 e. The third-order valence-corrected chi connectivity index (χ3v) is 5.42. The predicted molar refractivity (Wildman–Crippen MR) is 73.8 cm³/mol. The molecule has 0 amide bonds. The summed E-state index contributed by atoms with van der Waals surface area (Å²) < 4.78 is 0.223. The first-order valence-corrected chi connectivity index (χ1v) is 6.63. The van der Waals surface area contributed by atoms with Crippen LogP contribution in [0.15, 0.2) is 35.2 Å². The molecular weight excluding hydrogens is 212 g/mol. The molecule has 1 aromatic carbocycles. The van der Waals surface area contributed by atoms with Crippen molar-refractivity contribution in [2.24, 2.45) is 5.41 Å². The molecule has 0 aliphatic carbocycles. The van der Waals surface area contributed by atoms with Crippen molar-refractivity contribution in [1.82, 2.24) is 0 Å². The highest BCUT2D eigenvalue weighted by Gasteiger charge is 2.38. The zero-order chi connectivity index (χ0) is 12.0. The highest BCUT2D eigenvalue weighted by atomic mass is 32.2. The molecule has 0 aromatic heterocycles. The molecule has 0 nitrogen and oxygen atoms in total. The summed E-state index contributed by atoms with van der Waals surface area (Å²) in [4.78, 5) is 1.41. The lowest BCUT2D eigenvalue weighted by atomic mass is 9.78. The van der Waals surface area contributed by atoms with Gasteiger partial charge in [0, 0.05) is 9.64 Å². The van der Waals surface area contributed by atoms with Crippen molar-refractivity contribution >= 4 is 17.3 Å². The lowest BCUT2D eigenvalue weighted by molar-refractivity contribution is 0.374. The quantitative estimate of drug-likeness (QED) is 0.606. The van der Waals surface area contributed by atoms with E-state index in [0.717, 1.165) is 0 Å². The van der Waals surface area contributed by atoms with Crippen LogP contribution in [0.3, 0.4) is 0 Å². The van der Waals surface area contributed by atoms with Gasteiger partial charge in [0.2, 0.25) is 0 Å². The van der Waals surface area contributed by atoms with E-state index in [2.05, 4.69) is 65.0 Å². The Morgan fingerprint density at radius 3 is 2.31 bits per heavy atom. The van der Waals surface area contributed by atoms with Crippen molar-refractivity contribution in [3.05, 3.63) is 35.9 Å². The normalized spacial score (nSPS) is 21.9. The van der Waals surface area contributed by atoms with Crippen LogP contribution in [-0.2, 0) is 0 Å². The summed E-state index contributed by atoms with van der Waals surface area (Å²) in [5.41, 5.74) is 3.01. The van der Waals surface area contributed by atoms with Gasteiger partial charge in [-0.25, -0.2) is 0 Å². The SMILES string of the molecule is CC1=CC(C)(C)C(C)(C)Sc2ccccc21. The Labute approximate surface area is 103 Å². The van der Waals surface area contributed by atoms with Gasteiger partial charge in [-0.3, -0.25) is 0 Å². The van der Waals surface area contributed by atoms with E-state index in [1.807, 2.05) is 11.8 Å². The Morgan fingerprint density at radius 1 is 1.00 bits per heavy atom. The summed E-state index contributed by atoms with van der Waals surface area (Å²) in [5.74, 6) is 0. The molecule has 0 saturated heterocycles. The van der Waals surface area contributed by atoms with E-state index in [-0.39, 0.29) is 10.2 Å². The van der Waals surface area contributed by atoms with E-state index in [0.29, 0.717) is 0 Å². The number of hydrogen-bond acceptors (Lipinski definition) is 1. The summed E-state index contributed by atoms with van der Waals surface area (Å²) in [6.07, 6.45) is 2.42. The molecule has 1 aliphatic heterocycles. The fraction of sp³-hybridized carbons (Fsp3) is 0.467. The maximum absolute atomic E-state index is 2.42. The van der Waals surface area contributed by atoms with Crippen LogP contribution in [0.5, 0.6) is 0 Å². The minimum atomic E-state index is 0.209. The van der Waals surface area contributed by atoms with Gasteiger partial charge in [0.15, 0.2) is 0 Å². The Hall–Kier alpha value is -0.690. The van der Waals surface area contributed by atoms with Gasteiger partial charge < -0.3 is 0 Å². The standard InChI is InChI=1S/C15H20S/c1-11-10-14(2,3)15(4,5)16-13-9-7-6-8-12(11)13/h6-10H,1-5H3. The maximum atomic E-state index is 2.42. The second-order valence-electron chi connectivity index (χ2n) is 5.66. The molecule has 2 rings (SSSR count). The van der Waals surface area contributed by atoms with Crippen molar-refractivity contribution < 1.29 is 0 Å². The molecular formula is C15H20S. The Balaban J connectivity index is 2.62. The van der Waals surface area contributed by atoms with Crippen LogP contribution >= 0.6 is 11.8 Å². The Bertz CT molecular complexity index is 439. The molecule has 1 heterocycles. The molecule has 0 atom stereocenters. The summed E-state index contributed by atoms with van der Waals surface area (Å²) in [6, 6.07) is 8.72. The summed E-state index contributed by atoms with van der Waals surface area (Å²) in [7, 11) is 0. The van der Waals surface area contributed by atoms with E-state index in [9.17, 15) is 0 Å². The van der Waals surface area contributed by atoms with Crippen LogP contribution in [0.25, 0.3) is 5.57 Å². The first-order valence-electron chi connectivity index (χ1n) is 5.81. The lowest BCUT2D eigenvalue weighted by Crippen LogP contribution is -2.33. The average molecular weight is 232 g/mol. The van der Waals surface area contributed by atoms with Gasteiger partial charge in [-0.05, 0) is 43.4 Å². The van der Waals surface area contributed by atoms with Crippen LogP contribution in [0, 0.1) is 5.41 Å². The van der Waals surface area contributed by atoms with Crippen molar-refractivity contribution in [1.29, 1.82) is 0 Å². The van der Waals surface area contributed by atoms with Crippen LogP contribution in [-0.4, -0.2) is 4.75 Å². The zero-order valence-electron chi connectivity index (χ0n) is 10.8. The number of benzene rings is 1. The van der Waals surface area contributed by atoms with E-state index < -0.39 is 0 Å². The molecule has 0 fully saturated rings. The molecule has 16 heavy (non-hydrogen) atoms. The Kier molecular flexibility index (Phi) is 2.70. The van der Waals surface area contributed by atoms with E-state index in [1.165, 1.54) is 16.0 Å². The zero-order valence-corrected chi connectivity index (χ0v) is 11.6. The average Bonchev–Trinajstić information content (AvgIpc) is 2.22. The molecule has 0 N–H and O–H groups in total. The topological polar surface area (TPSA) is 0 Å². The largest absolute Gasteiger partial charge is 0.118 e. The van der Waals surface area contributed by atoms with Crippen molar-refractivity contribution in [2.45, 2.75) is 44.3 Å². The molecule has 86 valence electrons. The van der Waals surface area contributed by atoms with Gasteiger partial charge in [-0.15, -0.1) is 11.8 Å². The summed E-state index contributed by atoms with van der Waals surface area (Å²) in [5, 5.41) is 0. The summed E-state index contributed by atoms with van der Waals surface area (Å²) in [6.45, 7) is 11.6. The fourth-order valence-corrected chi connectivity index (χ4v) is 3.44. The van der Waals surface area contributed by atoms with Gasteiger partial charge in [-0.2, -0.15) is 0 Å². The minimum absolute atomic E-state index is 0.209. The molecule has 0 unspecified atom stereocenters. The van der Waals surface area contributed by atoms with Crippen LogP contribution in [0.4, 0.5) is 0 Å². The van der Waals surface area contributed by atoms with Gasteiger partial charge in [0.05, 0.1) is 0 Å². The third-order valence-electron chi connectivity index (χ3n) is 3.81. The third kappa shape index (κ3) is 1.82. The first-order chi connectivity index (χ1) is 7.33. The lowest BCUT2D eigenvalue weighted by Gasteiger charge is -2.38. The van der Waals surface area contributed by atoms with Crippen LogP contribution in [0.1, 0.15) is 40.2 Å². The molecule has 0 radical (unpaired) electrons. The van der Waals surface area contributed by atoms with Crippen molar-refractivity contribution in [3.63, 3.8) is 0 Å². The van der Waals surface area contributed by atoms with Crippen LogP contribution < -0.4 is 0 Å². The fourth-order valence-electron chi connectivity index (χ4n) is 2.08. The van der Waals surface area contributed by atoms with Crippen molar-refractivity contribution in [3.8, 4) is 0 Å². The monoisotopic (exact) mass is 232 g/mol. The van der Waals surface area contributed by atoms with Crippen molar-refractivity contribution in [2.75, 3.05) is 0 Å².